The molecule has 1 aromatic rings. The standard InChI is InChI=1S/C16H24O5S/c1-12(2)14-5-3-4-13(8-14)10-21-11-15(17)9-16(6-7-16)22(18,19)20/h3-5,8,12,15,17H,6-7,9-11H2,1-2H3,(H,18,19,20). The Morgan fingerprint density at radius 2 is 2.00 bits per heavy atom. The summed E-state index contributed by atoms with van der Waals surface area (Å²) in [5.41, 5.74) is 2.25. The summed E-state index contributed by atoms with van der Waals surface area (Å²) in [6.07, 6.45) is -0.0611. The maximum atomic E-state index is 11.3. The molecule has 22 heavy (non-hydrogen) atoms. The van der Waals surface area contributed by atoms with Crippen LogP contribution < -0.4 is 0 Å². The normalized spacial score (nSPS) is 18.4. The Morgan fingerprint density at radius 1 is 1.32 bits per heavy atom. The zero-order chi connectivity index (χ0) is 16.4. The number of rotatable bonds is 8. The van der Waals surface area contributed by atoms with Crippen molar-refractivity contribution in [1.82, 2.24) is 0 Å². The van der Waals surface area contributed by atoms with Crippen molar-refractivity contribution in [3.8, 4) is 0 Å². The van der Waals surface area contributed by atoms with Gasteiger partial charge in [-0.05, 0) is 36.3 Å². The number of benzene rings is 1. The summed E-state index contributed by atoms with van der Waals surface area (Å²) in [4.78, 5) is 0. The largest absolute Gasteiger partial charge is 0.391 e. The quantitative estimate of drug-likeness (QED) is 0.716. The van der Waals surface area contributed by atoms with Crippen molar-refractivity contribution in [2.45, 2.75) is 56.5 Å². The van der Waals surface area contributed by atoms with Crippen molar-refractivity contribution >= 4 is 10.1 Å². The van der Waals surface area contributed by atoms with E-state index in [1.165, 1.54) is 5.56 Å². The lowest BCUT2D eigenvalue weighted by Crippen LogP contribution is -2.30. The summed E-state index contributed by atoms with van der Waals surface area (Å²) >= 11 is 0. The molecule has 1 fully saturated rings. The number of aliphatic hydroxyl groups excluding tert-OH is 1. The van der Waals surface area contributed by atoms with Crippen molar-refractivity contribution in [1.29, 1.82) is 0 Å². The summed E-state index contributed by atoms with van der Waals surface area (Å²) < 4.78 is 36.0. The van der Waals surface area contributed by atoms with Crippen LogP contribution in [0.1, 0.15) is 50.2 Å². The minimum Gasteiger partial charge on any atom is -0.391 e. The number of ether oxygens (including phenoxy) is 1. The minimum atomic E-state index is -4.09. The molecule has 1 saturated carbocycles. The van der Waals surface area contributed by atoms with Crippen LogP contribution in [0.5, 0.6) is 0 Å². The van der Waals surface area contributed by atoms with Crippen LogP contribution in [0.25, 0.3) is 0 Å². The first-order chi connectivity index (χ1) is 10.2. The average Bonchev–Trinajstić information content (AvgIpc) is 3.19. The van der Waals surface area contributed by atoms with Gasteiger partial charge in [0, 0.05) is 0 Å². The minimum absolute atomic E-state index is 0.0257. The molecule has 1 atom stereocenters. The van der Waals surface area contributed by atoms with Gasteiger partial charge in [-0.2, -0.15) is 8.42 Å². The maximum absolute atomic E-state index is 11.3. The van der Waals surface area contributed by atoms with Gasteiger partial charge < -0.3 is 9.84 Å². The predicted octanol–water partition coefficient (Wildman–Crippen LogP) is 2.50. The van der Waals surface area contributed by atoms with Gasteiger partial charge in [0.05, 0.1) is 19.3 Å². The van der Waals surface area contributed by atoms with Crippen molar-refractivity contribution in [3.63, 3.8) is 0 Å². The Balaban J connectivity index is 1.80. The van der Waals surface area contributed by atoms with Gasteiger partial charge in [-0.1, -0.05) is 38.1 Å². The molecule has 2 rings (SSSR count). The summed E-state index contributed by atoms with van der Waals surface area (Å²) in [5.74, 6) is 0.440. The van der Waals surface area contributed by atoms with Crippen molar-refractivity contribution < 1.29 is 22.8 Å². The Kier molecular flexibility index (Phi) is 5.27. The second kappa shape index (κ2) is 6.66. The van der Waals surface area contributed by atoms with E-state index in [9.17, 15) is 13.5 Å². The fourth-order valence-electron chi connectivity index (χ4n) is 2.55. The van der Waals surface area contributed by atoms with Crippen LogP contribution in [0.2, 0.25) is 0 Å². The predicted molar refractivity (Wildman–Crippen MR) is 84.3 cm³/mol. The van der Waals surface area contributed by atoms with E-state index in [0.717, 1.165) is 5.56 Å². The monoisotopic (exact) mass is 328 g/mol. The second-order valence-electron chi connectivity index (χ2n) is 6.43. The highest BCUT2D eigenvalue weighted by Crippen LogP contribution is 2.46. The van der Waals surface area contributed by atoms with Gasteiger partial charge >= 0.3 is 0 Å². The van der Waals surface area contributed by atoms with Crippen LogP contribution in [0, 0.1) is 0 Å². The first-order valence-electron chi connectivity index (χ1n) is 7.55. The molecule has 0 saturated heterocycles. The van der Waals surface area contributed by atoms with E-state index in [2.05, 4.69) is 26.0 Å². The second-order valence-corrected chi connectivity index (χ2v) is 8.25. The van der Waals surface area contributed by atoms with Crippen LogP contribution in [0.15, 0.2) is 24.3 Å². The van der Waals surface area contributed by atoms with Crippen LogP contribution >= 0.6 is 0 Å². The SMILES string of the molecule is CC(C)c1cccc(COCC(O)CC2(S(=O)(=O)O)CC2)c1. The molecule has 0 radical (unpaired) electrons. The van der Waals surface area contributed by atoms with Crippen LogP contribution in [-0.2, 0) is 21.5 Å². The van der Waals surface area contributed by atoms with Gasteiger partial charge in [0.1, 0.15) is 4.75 Å². The molecule has 1 unspecified atom stereocenters. The fourth-order valence-corrected chi connectivity index (χ4v) is 3.57. The maximum Gasteiger partial charge on any atom is 0.270 e. The molecule has 0 bridgehead atoms. The fraction of sp³-hybridized carbons (Fsp3) is 0.625. The topological polar surface area (TPSA) is 83.8 Å². The van der Waals surface area contributed by atoms with Gasteiger partial charge in [-0.15, -0.1) is 0 Å². The van der Waals surface area contributed by atoms with E-state index in [1.54, 1.807) is 0 Å². The van der Waals surface area contributed by atoms with E-state index in [4.69, 9.17) is 9.29 Å². The number of hydrogen-bond acceptors (Lipinski definition) is 4. The van der Waals surface area contributed by atoms with E-state index < -0.39 is 21.0 Å². The van der Waals surface area contributed by atoms with E-state index in [0.29, 0.717) is 25.4 Å². The summed E-state index contributed by atoms with van der Waals surface area (Å²) in [6, 6.07) is 8.06. The number of aliphatic hydroxyl groups is 1. The van der Waals surface area contributed by atoms with Crippen LogP contribution in [-0.4, -0.2) is 35.5 Å². The zero-order valence-corrected chi connectivity index (χ0v) is 13.8. The highest BCUT2D eigenvalue weighted by Gasteiger charge is 2.54. The molecule has 6 heteroatoms. The lowest BCUT2D eigenvalue weighted by atomic mass is 10.0. The molecule has 124 valence electrons. The lowest BCUT2D eigenvalue weighted by molar-refractivity contribution is 0.0228. The third-order valence-corrected chi connectivity index (χ3v) is 5.83. The van der Waals surface area contributed by atoms with Gasteiger partial charge in [-0.3, -0.25) is 4.55 Å². The first kappa shape index (κ1) is 17.4. The Morgan fingerprint density at radius 3 is 2.55 bits per heavy atom. The van der Waals surface area contributed by atoms with E-state index in [-0.39, 0.29) is 13.0 Å². The van der Waals surface area contributed by atoms with Crippen molar-refractivity contribution in [2.75, 3.05) is 6.61 Å². The Hall–Kier alpha value is -0.950. The number of hydrogen-bond donors (Lipinski definition) is 2. The summed E-state index contributed by atoms with van der Waals surface area (Å²) in [7, 11) is -4.09. The zero-order valence-electron chi connectivity index (χ0n) is 13.0. The highest BCUT2D eigenvalue weighted by atomic mass is 32.2. The van der Waals surface area contributed by atoms with Gasteiger partial charge in [0.15, 0.2) is 0 Å². The molecular formula is C16H24O5S. The lowest BCUT2D eigenvalue weighted by Gasteiger charge is -2.17. The smallest absolute Gasteiger partial charge is 0.270 e. The van der Waals surface area contributed by atoms with Gasteiger partial charge in [0.2, 0.25) is 0 Å². The molecule has 0 heterocycles. The Labute approximate surface area is 132 Å². The van der Waals surface area contributed by atoms with Crippen LogP contribution in [0.3, 0.4) is 0 Å². The molecule has 0 amide bonds. The van der Waals surface area contributed by atoms with Gasteiger partial charge in [-0.25, -0.2) is 0 Å². The molecule has 1 aliphatic rings. The third kappa shape index (κ3) is 4.29. The third-order valence-electron chi connectivity index (χ3n) is 4.16. The van der Waals surface area contributed by atoms with Gasteiger partial charge in [0.25, 0.3) is 10.1 Å². The summed E-state index contributed by atoms with van der Waals surface area (Å²) in [5, 5.41) is 9.91. The van der Waals surface area contributed by atoms with E-state index in [1.807, 2.05) is 12.1 Å². The molecule has 2 N–H and O–H groups in total. The molecule has 0 spiro atoms. The molecule has 1 aliphatic carbocycles. The molecule has 0 aliphatic heterocycles. The molecule has 5 nitrogen and oxygen atoms in total. The van der Waals surface area contributed by atoms with E-state index >= 15 is 0 Å². The Bertz CT molecular complexity index is 605. The molecule has 1 aromatic carbocycles. The van der Waals surface area contributed by atoms with Crippen LogP contribution in [0.4, 0.5) is 0 Å². The average molecular weight is 328 g/mol. The molecular weight excluding hydrogens is 304 g/mol. The van der Waals surface area contributed by atoms with Crippen molar-refractivity contribution in [3.05, 3.63) is 35.4 Å². The highest BCUT2D eigenvalue weighted by molar-refractivity contribution is 7.87. The molecule has 0 aromatic heterocycles. The summed E-state index contributed by atoms with van der Waals surface area (Å²) in [6.45, 7) is 4.67. The first-order valence-corrected chi connectivity index (χ1v) is 8.99. The van der Waals surface area contributed by atoms with Crippen molar-refractivity contribution in [2.24, 2.45) is 0 Å².